The molecular formula is C23H30N2O5S. The van der Waals surface area contributed by atoms with Crippen molar-refractivity contribution in [3.05, 3.63) is 54.1 Å². The number of ether oxygens (including phenoxy) is 2. The number of amides is 1. The van der Waals surface area contributed by atoms with Crippen molar-refractivity contribution in [2.75, 3.05) is 29.8 Å². The van der Waals surface area contributed by atoms with Crippen molar-refractivity contribution in [1.82, 2.24) is 5.32 Å². The summed E-state index contributed by atoms with van der Waals surface area (Å²) in [5, 5.41) is 2.88. The van der Waals surface area contributed by atoms with Crippen LogP contribution in [0, 0.1) is 0 Å². The van der Waals surface area contributed by atoms with Crippen LogP contribution in [-0.2, 0) is 21.2 Å². The highest BCUT2D eigenvalue weighted by molar-refractivity contribution is 7.92. The molecule has 1 atom stereocenters. The van der Waals surface area contributed by atoms with Gasteiger partial charge < -0.3 is 14.8 Å². The second-order valence-electron chi connectivity index (χ2n) is 7.36. The maximum Gasteiger partial charge on any atom is 0.263 e. The first-order chi connectivity index (χ1) is 15.0. The summed E-state index contributed by atoms with van der Waals surface area (Å²) in [7, 11) is -3.52. The van der Waals surface area contributed by atoms with Crippen LogP contribution >= 0.6 is 0 Å². The molecule has 1 heterocycles. The summed E-state index contributed by atoms with van der Waals surface area (Å²) >= 11 is 0. The largest absolute Gasteiger partial charge is 0.493 e. The number of para-hydroxylation sites is 3. The molecule has 31 heavy (non-hydrogen) atoms. The van der Waals surface area contributed by atoms with Gasteiger partial charge in [0, 0.05) is 6.54 Å². The number of anilines is 1. The third-order valence-corrected chi connectivity index (χ3v) is 6.83. The van der Waals surface area contributed by atoms with Crippen molar-refractivity contribution < 1.29 is 22.7 Å². The molecule has 3 rings (SSSR count). The average Bonchev–Trinajstić information content (AvgIpc) is 2.80. The summed E-state index contributed by atoms with van der Waals surface area (Å²) < 4.78 is 37.9. The highest BCUT2D eigenvalue weighted by atomic mass is 32.2. The van der Waals surface area contributed by atoms with Crippen LogP contribution in [0.25, 0.3) is 0 Å². The maximum atomic E-state index is 12.7. The van der Waals surface area contributed by atoms with E-state index >= 15 is 0 Å². The van der Waals surface area contributed by atoms with Crippen LogP contribution in [0.15, 0.2) is 48.5 Å². The van der Waals surface area contributed by atoms with E-state index in [-0.39, 0.29) is 18.2 Å². The molecule has 0 spiro atoms. The summed E-state index contributed by atoms with van der Waals surface area (Å²) in [5.74, 6) is 0.910. The molecule has 8 heteroatoms. The number of nitrogens with one attached hydrogen (secondary N) is 1. The second kappa shape index (κ2) is 10.5. The summed E-state index contributed by atoms with van der Waals surface area (Å²) in [4.78, 5) is 12.7. The van der Waals surface area contributed by atoms with Gasteiger partial charge in [0.1, 0.15) is 11.5 Å². The minimum atomic E-state index is -3.52. The first kappa shape index (κ1) is 22.9. The van der Waals surface area contributed by atoms with Crippen molar-refractivity contribution in [2.24, 2.45) is 0 Å². The topological polar surface area (TPSA) is 84.9 Å². The Morgan fingerprint density at radius 2 is 1.90 bits per heavy atom. The maximum absolute atomic E-state index is 12.7. The number of fused-ring (bicyclic) bond motifs is 1. The molecule has 1 aliphatic rings. The Balaban J connectivity index is 1.58. The highest BCUT2D eigenvalue weighted by Gasteiger charge is 2.35. The van der Waals surface area contributed by atoms with Gasteiger partial charge in [-0.05, 0) is 49.9 Å². The Morgan fingerprint density at radius 3 is 2.68 bits per heavy atom. The van der Waals surface area contributed by atoms with Gasteiger partial charge in [0.2, 0.25) is 10.0 Å². The quantitative estimate of drug-likeness (QED) is 0.567. The molecule has 0 saturated heterocycles. The van der Waals surface area contributed by atoms with E-state index in [4.69, 9.17) is 9.47 Å². The van der Waals surface area contributed by atoms with Crippen LogP contribution in [0.1, 0.15) is 32.3 Å². The van der Waals surface area contributed by atoms with E-state index in [9.17, 15) is 13.2 Å². The predicted molar refractivity (Wildman–Crippen MR) is 121 cm³/mol. The van der Waals surface area contributed by atoms with Gasteiger partial charge in [-0.1, -0.05) is 37.3 Å². The van der Waals surface area contributed by atoms with Crippen LogP contribution in [0.4, 0.5) is 5.69 Å². The number of rotatable bonds is 10. The molecule has 168 valence electrons. The molecule has 2 aromatic carbocycles. The van der Waals surface area contributed by atoms with E-state index in [1.165, 1.54) is 4.31 Å². The van der Waals surface area contributed by atoms with Gasteiger partial charge in [-0.25, -0.2) is 8.42 Å². The fourth-order valence-corrected chi connectivity index (χ4v) is 4.55. The fourth-order valence-electron chi connectivity index (χ4n) is 3.43. The molecule has 0 saturated carbocycles. The Kier molecular flexibility index (Phi) is 7.79. The number of carbonyl (C=O) groups excluding carboxylic acids is 1. The van der Waals surface area contributed by atoms with Crippen molar-refractivity contribution in [3.63, 3.8) is 0 Å². The van der Waals surface area contributed by atoms with Crippen LogP contribution in [0.2, 0.25) is 0 Å². The van der Waals surface area contributed by atoms with E-state index in [1.807, 2.05) is 24.3 Å². The Morgan fingerprint density at radius 1 is 1.16 bits per heavy atom. The van der Waals surface area contributed by atoms with Crippen LogP contribution in [-0.4, -0.2) is 45.9 Å². The standard InChI is InChI=1S/C23H30N2O5S/c1-3-16-29-20-13-7-5-10-18(20)11-9-15-24-23(26)22-17-25(31(27,28)4-2)19-12-6-8-14-21(19)30-22/h5-8,10,12-14,22H,3-4,9,11,15-17H2,1-2H3,(H,24,26). The first-order valence-electron chi connectivity index (χ1n) is 10.7. The normalized spacial score (nSPS) is 15.7. The Bertz CT molecular complexity index is 993. The molecule has 1 amide bonds. The van der Waals surface area contributed by atoms with E-state index in [0.717, 1.165) is 30.6 Å². The lowest BCUT2D eigenvalue weighted by molar-refractivity contribution is -0.127. The zero-order valence-electron chi connectivity index (χ0n) is 18.0. The molecule has 2 aromatic rings. The smallest absolute Gasteiger partial charge is 0.263 e. The molecule has 0 aromatic heterocycles. The number of hydrogen-bond acceptors (Lipinski definition) is 5. The molecule has 0 bridgehead atoms. The zero-order valence-corrected chi connectivity index (χ0v) is 18.9. The third-order valence-electron chi connectivity index (χ3n) is 5.08. The molecule has 7 nitrogen and oxygen atoms in total. The molecule has 0 aliphatic carbocycles. The third kappa shape index (κ3) is 5.70. The minimum Gasteiger partial charge on any atom is -0.493 e. The van der Waals surface area contributed by atoms with Crippen molar-refractivity contribution >= 4 is 21.6 Å². The molecular weight excluding hydrogens is 416 g/mol. The summed E-state index contributed by atoms with van der Waals surface area (Å²) in [6.07, 6.45) is 1.56. The van der Waals surface area contributed by atoms with Gasteiger partial charge in [-0.2, -0.15) is 0 Å². The molecule has 0 radical (unpaired) electrons. The molecule has 1 unspecified atom stereocenters. The number of aryl methyl sites for hydroxylation is 1. The Hall–Kier alpha value is -2.74. The number of hydrogen-bond donors (Lipinski definition) is 1. The highest BCUT2D eigenvalue weighted by Crippen LogP contribution is 2.35. The number of nitrogens with zero attached hydrogens (tertiary/aromatic N) is 1. The van der Waals surface area contributed by atoms with Crippen LogP contribution in [0.5, 0.6) is 11.5 Å². The summed E-state index contributed by atoms with van der Waals surface area (Å²) in [6.45, 7) is 4.75. The Labute approximate surface area is 184 Å². The lowest BCUT2D eigenvalue weighted by Gasteiger charge is -2.34. The van der Waals surface area contributed by atoms with E-state index in [1.54, 1.807) is 31.2 Å². The van der Waals surface area contributed by atoms with E-state index in [2.05, 4.69) is 12.2 Å². The lowest BCUT2D eigenvalue weighted by Crippen LogP contribution is -2.51. The SMILES string of the molecule is CCCOc1ccccc1CCCNC(=O)C1CN(S(=O)(=O)CC)c2ccccc2O1. The number of sulfonamides is 1. The summed E-state index contributed by atoms with van der Waals surface area (Å²) in [6, 6.07) is 14.8. The summed E-state index contributed by atoms with van der Waals surface area (Å²) in [5.41, 5.74) is 1.57. The first-order valence-corrected chi connectivity index (χ1v) is 12.3. The molecule has 0 fully saturated rings. The van der Waals surface area contributed by atoms with Gasteiger partial charge in [0.15, 0.2) is 6.10 Å². The van der Waals surface area contributed by atoms with Gasteiger partial charge in [0.25, 0.3) is 5.91 Å². The van der Waals surface area contributed by atoms with Crippen LogP contribution < -0.4 is 19.1 Å². The molecule has 1 aliphatic heterocycles. The monoisotopic (exact) mass is 446 g/mol. The zero-order chi connectivity index (χ0) is 22.3. The molecule has 1 N–H and O–H groups in total. The van der Waals surface area contributed by atoms with Crippen LogP contribution in [0.3, 0.4) is 0 Å². The number of carbonyl (C=O) groups is 1. The van der Waals surface area contributed by atoms with Gasteiger partial charge in [-0.15, -0.1) is 0 Å². The fraction of sp³-hybridized carbons (Fsp3) is 0.435. The predicted octanol–water partition coefficient (Wildman–Crippen LogP) is 3.14. The average molecular weight is 447 g/mol. The van der Waals surface area contributed by atoms with Crippen molar-refractivity contribution in [2.45, 2.75) is 39.2 Å². The van der Waals surface area contributed by atoms with Gasteiger partial charge in [0.05, 0.1) is 24.6 Å². The second-order valence-corrected chi connectivity index (χ2v) is 9.54. The van der Waals surface area contributed by atoms with Crippen molar-refractivity contribution in [3.8, 4) is 11.5 Å². The number of benzene rings is 2. The van der Waals surface area contributed by atoms with E-state index < -0.39 is 16.1 Å². The van der Waals surface area contributed by atoms with Crippen molar-refractivity contribution in [1.29, 1.82) is 0 Å². The van der Waals surface area contributed by atoms with Gasteiger partial charge in [-0.3, -0.25) is 9.10 Å². The lowest BCUT2D eigenvalue weighted by atomic mass is 10.1. The van der Waals surface area contributed by atoms with E-state index in [0.29, 0.717) is 24.6 Å². The minimum absolute atomic E-state index is 0.0350. The van der Waals surface area contributed by atoms with Gasteiger partial charge >= 0.3 is 0 Å².